The summed E-state index contributed by atoms with van der Waals surface area (Å²) in [6.45, 7) is 4.71. The molecule has 8 heteroatoms. The van der Waals surface area contributed by atoms with E-state index in [0.29, 0.717) is 30.4 Å². The maximum absolute atomic E-state index is 14.3. The molecule has 2 N–H and O–H groups in total. The summed E-state index contributed by atoms with van der Waals surface area (Å²) in [6, 6.07) is 20.8. The summed E-state index contributed by atoms with van der Waals surface area (Å²) < 4.78 is 20.2. The van der Waals surface area contributed by atoms with Crippen molar-refractivity contribution in [3.05, 3.63) is 85.6 Å². The molecule has 0 aliphatic carbocycles. The summed E-state index contributed by atoms with van der Waals surface area (Å²) in [4.78, 5) is 22.9. The van der Waals surface area contributed by atoms with Gasteiger partial charge in [-0.1, -0.05) is 36.9 Å². The lowest BCUT2D eigenvalue weighted by Gasteiger charge is -2.32. The van der Waals surface area contributed by atoms with Crippen LogP contribution < -0.4 is 15.4 Å². The fourth-order valence-electron chi connectivity index (χ4n) is 4.40. The van der Waals surface area contributed by atoms with E-state index < -0.39 is 12.3 Å². The molecule has 1 aliphatic rings. The Morgan fingerprint density at radius 1 is 1.14 bits per heavy atom. The van der Waals surface area contributed by atoms with Crippen LogP contribution in [0.25, 0.3) is 22.0 Å². The number of hydrogen-bond acceptors (Lipinski definition) is 6. The van der Waals surface area contributed by atoms with Gasteiger partial charge in [-0.05, 0) is 61.5 Å². The summed E-state index contributed by atoms with van der Waals surface area (Å²) in [5, 5.41) is 6.93. The van der Waals surface area contributed by atoms with Gasteiger partial charge in [0, 0.05) is 41.6 Å². The van der Waals surface area contributed by atoms with E-state index in [1.165, 1.54) is 6.08 Å². The zero-order chi connectivity index (χ0) is 25.8. The van der Waals surface area contributed by atoms with Crippen molar-refractivity contribution < 1.29 is 13.9 Å². The molecule has 0 saturated carbocycles. The van der Waals surface area contributed by atoms with Crippen molar-refractivity contribution in [3.63, 3.8) is 0 Å². The zero-order valence-corrected chi connectivity index (χ0v) is 20.5. The number of carbonyl (C=O) groups is 1. The Labute approximate surface area is 215 Å². The second-order valence-electron chi connectivity index (χ2n) is 9.08. The Bertz CT molecular complexity index is 1430. The quantitative estimate of drug-likeness (QED) is 0.324. The largest absolute Gasteiger partial charge is 0.487 e. The van der Waals surface area contributed by atoms with E-state index in [9.17, 15) is 9.18 Å². The van der Waals surface area contributed by atoms with Crippen molar-refractivity contribution in [1.82, 2.24) is 14.9 Å². The first-order valence-electron chi connectivity index (χ1n) is 12.1. The highest BCUT2D eigenvalue weighted by Crippen LogP contribution is 2.30. The molecule has 1 saturated heterocycles. The highest BCUT2D eigenvalue weighted by molar-refractivity contribution is 6.00. The summed E-state index contributed by atoms with van der Waals surface area (Å²) in [5.74, 6) is 0.813. The molecule has 0 unspecified atom stereocenters. The maximum Gasteiger partial charge on any atom is 0.247 e. The number of alkyl halides is 1. The molecule has 188 valence electrons. The molecule has 0 spiro atoms. The van der Waals surface area contributed by atoms with E-state index in [2.05, 4.69) is 22.2 Å². The smallest absolute Gasteiger partial charge is 0.247 e. The third kappa shape index (κ3) is 5.76. The Morgan fingerprint density at radius 3 is 2.73 bits per heavy atom. The van der Waals surface area contributed by atoms with Crippen molar-refractivity contribution in [2.45, 2.75) is 18.7 Å². The SMILES string of the molecule is C=CC(=O)Nc1cccc(-c2cccc3cnc(Nc4ccc(O[C@@H]5CCN(C)C[C@H]5F)cc4)nc23)c1. The topological polar surface area (TPSA) is 79.4 Å². The number of nitrogens with one attached hydrogen (secondary N) is 2. The van der Waals surface area contributed by atoms with Crippen LogP contribution in [-0.4, -0.2) is 53.2 Å². The van der Waals surface area contributed by atoms with E-state index in [0.717, 1.165) is 34.3 Å². The number of fused-ring (bicyclic) bond motifs is 1. The van der Waals surface area contributed by atoms with Gasteiger partial charge in [-0.3, -0.25) is 4.79 Å². The number of anilines is 3. The molecule has 1 amide bonds. The predicted octanol–water partition coefficient (Wildman–Crippen LogP) is 5.59. The van der Waals surface area contributed by atoms with Gasteiger partial charge in [-0.2, -0.15) is 0 Å². The highest BCUT2D eigenvalue weighted by atomic mass is 19.1. The monoisotopic (exact) mass is 497 g/mol. The van der Waals surface area contributed by atoms with Gasteiger partial charge in [0.05, 0.1) is 5.52 Å². The first-order valence-corrected chi connectivity index (χ1v) is 12.1. The number of halogens is 1. The number of ether oxygens (including phenoxy) is 1. The van der Waals surface area contributed by atoms with Crippen LogP contribution in [-0.2, 0) is 4.79 Å². The number of aromatic nitrogens is 2. The number of nitrogens with zero attached hydrogens (tertiary/aromatic N) is 3. The van der Waals surface area contributed by atoms with Crippen molar-refractivity contribution in [2.75, 3.05) is 30.8 Å². The van der Waals surface area contributed by atoms with Crippen LogP contribution in [0.3, 0.4) is 0 Å². The number of para-hydroxylation sites is 1. The lowest BCUT2D eigenvalue weighted by Crippen LogP contribution is -2.45. The van der Waals surface area contributed by atoms with Crippen molar-refractivity contribution in [1.29, 1.82) is 0 Å². The van der Waals surface area contributed by atoms with Crippen LogP contribution in [0, 0.1) is 0 Å². The van der Waals surface area contributed by atoms with Crippen molar-refractivity contribution in [2.24, 2.45) is 0 Å². The van der Waals surface area contributed by atoms with E-state index in [-0.39, 0.29) is 5.91 Å². The van der Waals surface area contributed by atoms with E-state index in [1.54, 1.807) is 6.20 Å². The second kappa shape index (κ2) is 10.8. The lowest BCUT2D eigenvalue weighted by molar-refractivity contribution is -0.111. The summed E-state index contributed by atoms with van der Waals surface area (Å²) in [5.41, 5.74) is 4.08. The van der Waals surface area contributed by atoms with Crippen LogP contribution >= 0.6 is 0 Å². The van der Waals surface area contributed by atoms with Gasteiger partial charge in [0.2, 0.25) is 11.9 Å². The van der Waals surface area contributed by atoms with Crippen LogP contribution in [0.2, 0.25) is 0 Å². The van der Waals surface area contributed by atoms with Crippen LogP contribution in [0.5, 0.6) is 5.75 Å². The van der Waals surface area contributed by atoms with E-state index in [4.69, 9.17) is 9.72 Å². The normalized spacial score (nSPS) is 17.8. The average molecular weight is 498 g/mol. The van der Waals surface area contributed by atoms with Crippen LogP contribution in [0.4, 0.5) is 21.7 Å². The zero-order valence-electron chi connectivity index (χ0n) is 20.5. The minimum atomic E-state index is -1.00. The molecule has 0 bridgehead atoms. The lowest BCUT2D eigenvalue weighted by atomic mass is 10.0. The number of piperidine rings is 1. The molecule has 1 aliphatic heterocycles. The van der Waals surface area contributed by atoms with E-state index >= 15 is 0 Å². The first kappa shape index (κ1) is 24.4. The Morgan fingerprint density at radius 2 is 1.95 bits per heavy atom. The molecule has 7 nitrogen and oxygen atoms in total. The van der Waals surface area contributed by atoms with Gasteiger partial charge in [0.1, 0.15) is 18.0 Å². The number of amides is 1. The fourth-order valence-corrected chi connectivity index (χ4v) is 4.40. The number of benzene rings is 3. The third-order valence-electron chi connectivity index (χ3n) is 6.32. The maximum atomic E-state index is 14.3. The van der Waals surface area contributed by atoms with Crippen molar-refractivity contribution in [3.8, 4) is 16.9 Å². The summed E-state index contributed by atoms with van der Waals surface area (Å²) >= 11 is 0. The molecule has 0 radical (unpaired) electrons. The number of likely N-dealkylation sites (tertiary alicyclic amines) is 1. The number of carbonyl (C=O) groups excluding carboxylic acids is 1. The summed E-state index contributed by atoms with van der Waals surface area (Å²) in [7, 11) is 1.92. The van der Waals surface area contributed by atoms with Gasteiger partial charge < -0.3 is 20.3 Å². The molecule has 2 heterocycles. The van der Waals surface area contributed by atoms with Crippen molar-refractivity contribution >= 4 is 34.1 Å². The third-order valence-corrected chi connectivity index (χ3v) is 6.32. The van der Waals surface area contributed by atoms with Gasteiger partial charge in [-0.15, -0.1) is 0 Å². The molecule has 3 aromatic carbocycles. The summed E-state index contributed by atoms with van der Waals surface area (Å²) in [6.07, 6.45) is 2.24. The molecular weight excluding hydrogens is 469 g/mol. The van der Waals surface area contributed by atoms with Crippen LogP contribution in [0.15, 0.2) is 85.6 Å². The fraction of sp³-hybridized carbons (Fsp3) is 0.207. The molecule has 4 aromatic rings. The van der Waals surface area contributed by atoms with Gasteiger partial charge in [0.25, 0.3) is 0 Å². The first-order chi connectivity index (χ1) is 18.0. The van der Waals surface area contributed by atoms with Gasteiger partial charge in [0.15, 0.2) is 0 Å². The van der Waals surface area contributed by atoms with Gasteiger partial charge >= 0.3 is 0 Å². The molecule has 1 fully saturated rings. The molecule has 5 rings (SSSR count). The van der Waals surface area contributed by atoms with E-state index in [1.807, 2.05) is 78.7 Å². The van der Waals surface area contributed by atoms with Gasteiger partial charge in [-0.25, -0.2) is 14.4 Å². The number of rotatable bonds is 7. The molecule has 37 heavy (non-hydrogen) atoms. The predicted molar refractivity (Wildman–Crippen MR) is 145 cm³/mol. The molecule has 1 aromatic heterocycles. The second-order valence-corrected chi connectivity index (χ2v) is 9.08. The molecule has 2 atom stereocenters. The Balaban J connectivity index is 1.34. The molecular formula is C29H28FN5O2. The number of hydrogen-bond donors (Lipinski definition) is 2. The van der Waals surface area contributed by atoms with Crippen LogP contribution in [0.1, 0.15) is 6.42 Å². The average Bonchev–Trinajstić information content (AvgIpc) is 2.91. The highest BCUT2D eigenvalue weighted by Gasteiger charge is 2.29. The minimum Gasteiger partial charge on any atom is -0.487 e. The Hall–Kier alpha value is -4.30. The Kier molecular flexibility index (Phi) is 7.09. The standard InChI is InChI=1S/C29H28FN5O2/c1-3-27(36)32-22-8-4-6-19(16-22)24-9-5-7-20-17-31-29(34-28(20)24)33-21-10-12-23(13-11-21)37-26-14-15-35(2)18-25(26)30/h3-13,16-17,25-26H,1,14-15,18H2,2H3,(H,32,36)(H,31,33,34)/t25-,26-/m1/s1. The minimum absolute atomic E-state index is 0.267.